The number of aromatic nitrogens is 1. The minimum atomic E-state index is -3.79. The zero-order chi connectivity index (χ0) is 18.8. The van der Waals surface area contributed by atoms with Gasteiger partial charge in [-0.3, -0.25) is 9.59 Å². The average Bonchev–Trinajstić information content (AvgIpc) is 2.51. The van der Waals surface area contributed by atoms with Crippen molar-refractivity contribution >= 4 is 33.2 Å². The second-order valence-electron chi connectivity index (χ2n) is 5.91. The van der Waals surface area contributed by atoms with Crippen molar-refractivity contribution in [1.82, 2.24) is 4.57 Å². The maximum atomic E-state index is 13.6. The number of carbonyl (C=O) groups is 1. The number of nitrogens with two attached hydrogens (primary N) is 1. The molecule has 1 heterocycles. The van der Waals surface area contributed by atoms with E-state index in [4.69, 9.17) is 16.7 Å². The lowest BCUT2D eigenvalue weighted by Gasteiger charge is -2.30. The Kier molecular flexibility index (Phi) is 6.17. The third kappa shape index (κ3) is 4.77. The summed E-state index contributed by atoms with van der Waals surface area (Å²) in [5.41, 5.74) is -0.972. The van der Waals surface area contributed by atoms with Crippen molar-refractivity contribution in [3.8, 4) is 0 Å². The maximum Gasteiger partial charge on any atom is 0.286 e. The number of hydrogen-bond acceptors (Lipinski definition) is 4. The fourth-order valence-electron chi connectivity index (χ4n) is 2.87. The molecule has 25 heavy (non-hydrogen) atoms. The number of nitrogens with one attached hydrogen (secondary N) is 1. The largest absolute Gasteiger partial charge is 0.324 e. The highest BCUT2D eigenvalue weighted by Crippen LogP contribution is 2.32. The Morgan fingerprint density at radius 2 is 2.12 bits per heavy atom. The molecule has 3 atom stereocenters. The van der Waals surface area contributed by atoms with Gasteiger partial charge in [-0.15, -0.1) is 11.6 Å². The number of rotatable bonds is 5. The summed E-state index contributed by atoms with van der Waals surface area (Å²) in [7, 11) is -3.79. The smallest absolute Gasteiger partial charge is 0.286 e. The number of pyridine rings is 1. The fraction of sp³-hybridized carbons (Fsp3) is 0.571. The highest BCUT2D eigenvalue weighted by molar-refractivity contribution is 7.89. The van der Waals surface area contributed by atoms with Crippen molar-refractivity contribution in [3.05, 3.63) is 28.4 Å². The molecule has 11 heteroatoms. The Bertz CT molecular complexity index is 815. The van der Waals surface area contributed by atoms with Crippen LogP contribution in [0, 0.1) is 11.7 Å². The van der Waals surface area contributed by atoms with Crippen LogP contribution in [-0.4, -0.2) is 36.2 Å². The van der Waals surface area contributed by atoms with Crippen LogP contribution >= 0.6 is 11.6 Å². The standard InChI is InChI=1S/C14H18ClF2N3O4S/c15-10-5-8(1-2-12(10)25(18,23)24)13(21)19-9-6-11(17)14(22)20(7-9)4-3-16/h6-8,10,12H,1-5H2,(H,19,21)(H2,18,23,24). The van der Waals surface area contributed by atoms with Gasteiger partial charge in [-0.1, -0.05) is 0 Å². The molecule has 1 aromatic heterocycles. The van der Waals surface area contributed by atoms with Gasteiger partial charge >= 0.3 is 0 Å². The lowest BCUT2D eigenvalue weighted by molar-refractivity contribution is -0.120. The first-order chi connectivity index (χ1) is 11.6. The summed E-state index contributed by atoms with van der Waals surface area (Å²) in [6.07, 6.45) is 1.64. The van der Waals surface area contributed by atoms with Gasteiger partial charge in [0.2, 0.25) is 15.9 Å². The van der Waals surface area contributed by atoms with Crippen LogP contribution in [0.25, 0.3) is 0 Å². The Morgan fingerprint density at radius 3 is 2.68 bits per heavy atom. The Balaban J connectivity index is 2.10. The van der Waals surface area contributed by atoms with Crippen LogP contribution in [-0.2, 0) is 21.4 Å². The molecule has 1 aromatic rings. The van der Waals surface area contributed by atoms with Crippen molar-refractivity contribution in [3.63, 3.8) is 0 Å². The van der Waals surface area contributed by atoms with E-state index in [0.29, 0.717) is 0 Å². The van der Waals surface area contributed by atoms with E-state index in [1.54, 1.807) is 0 Å². The zero-order valence-electron chi connectivity index (χ0n) is 13.1. The molecule has 0 aliphatic heterocycles. The summed E-state index contributed by atoms with van der Waals surface area (Å²) in [5.74, 6) is -2.17. The number of nitrogens with zero attached hydrogens (tertiary/aromatic N) is 1. The average molecular weight is 398 g/mol. The molecule has 0 radical (unpaired) electrons. The Hall–Kier alpha value is -1.52. The van der Waals surface area contributed by atoms with Gasteiger partial charge in [0.25, 0.3) is 5.56 Å². The van der Waals surface area contributed by atoms with Crippen molar-refractivity contribution in [1.29, 1.82) is 0 Å². The SMILES string of the molecule is NS(=O)(=O)C1CCC(C(=O)Nc2cc(F)c(=O)n(CCF)c2)CC1Cl. The van der Waals surface area contributed by atoms with Gasteiger partial charge < -0.3 is 9.88 Å². The first kappa shape index (κ1) is 19.8. The van der Waals surface area contributed by atoms with Crippen LogP contribution in [0.3, 0.4) is 0 Å². The van der Waals surface area contributed by atoms with Crippen molar-refractivity contribution < 1.29 is 22.0 Å². The Labute approximate surface area is 148 Å². The summed E-state index contributed by atoms with van der Waals surface area (Å²) in [6.45, 7) is -1.19. The molecule has 1 fully saturated rings. The van der Waals surface area contributed by atoms with Gasteiger partial charge in [-0.25, -0.2) is 22.3 Å². The van der Waals surface area contributed by atoms with E-state index in [2.05, 4.69) is 5.32 Å². The number of amides is 1. The number of sulfonamides is 1. The van der Waals surface area contributed by atoms with E-state index >= 15 is 0 Å². The van der Waals surface area contributed by atoms with E-state index in [9.17, 15) is 26.8 Å². The summed E-state index contributed by atoms with van der Waals surface area (Å²) < 4.78 is 49.7. The summed E-state index contributed by atoms with van der Waals surface area (Å²) in [6, 6.07) is 0.850. The zero-order valence-corrected chi connectivity index (χ0v) is 14.7. The number of alkyl halides is 2. The van der Waals surface area contributed by atoms with E-state index < -0.39 is 50.5 Å². The number of anilines is 1. The van der Waals surface area contributed by atoms with Crippen LogP contribution in [0.2, 0.25) is 0 Å². The van der Waals surface area contributed by atoms with Gasteiger partial charge in [0, 0.05) is 18.2 Å². The second-order valence-corrected chi connectivity index (χ2v) is 8.25. The van der Waals surface area contributed by atoms with E-state index in [1.165, 1.54) is 0 Å². The second kappa shape index (κ2) is 7.79. The monoisotopic (exact) mass is 397 g/mol. The van der Waals surface area contributed by atoms with Crippen LogP contribution in [0.1, 0.15) is 19.3 Å². The molecule has 140 valence electrons. The molecule has 0 bridgehead atoms. The molecule has 1 saturated carbocycles. The molecule has 1 amide bonds. The molecular weight excluding hydrogens is 380 g/mol. The van der Waals surface area contributed by atoms with Gasteiger partial charge in [-0.2, -0.15) is 0 Å². The first-order valence-electron chi connectivity index (χ1n) is 7.56. The molecule has 3 unspecified atom stereocenters. The number of halogens is 3. The predicted octanol–water partition coefficient (Wildman–Crippen LogP) is 0.960. The van der Waals surface area contributed by atoms with E-state index in [1.807, 2.05) is 0 Å². The molecule has 0 saturated heterocycles. The van der Waals surface area contributed by atoms with Crippen molar-refractivity contribution in [2.45, 2.75) is 36.4 Å². The number of aryl methyl sites for hydroxylation is 1. The molecule has 1 aliphatic rings. The molecule has 7 nitrogen and oxygen atoms in total. The normalized spacial score (nSPS) is 24.1. The van der Waals surface area contributed by atoms with Crippen LogP contribution in [0.5, 0.6) is 0 Å². The highest BCUT2D eigenvalue weighted by Gasteiger charge is 2.38. The summed E-state index contributed by atoms with van der Waals surface area (Å²) in [5, 5.41) is 5.83. The minimum Gasteiger partial charge on any atom is -0.324 e. The first-order valence-corrected chi connectivity index (χ1v) is 9.60. The summed E-state index contributed by atoms with van der Waals surface area (Å²) >= 11 is 6.04. The molecule has 3 N–H and O–H groups in total. The van der Waals surface area contributed by atoms with Crippen LogP contribution < -0.4 is 16.0 Å². The van der Waals surface area contributed by atoms with Gasteiger partial charge in [0.15, 0.2) is 5.82 Å². The van der Waals surface area contributed by atoms with Crippen LogP contribution in [0.15, 0.2) is 17.1 Å². The number of hydrogen-bond donors (Lipinski definition) is 2. The van der Waals surface area contributed by atoms with Gasteiger partial charge in [-0.05, 0) is 19.3 Å². The minimum absolute atomic E-state index is 0.00948. The van der Waals surface area contributed by atoms with Crippen molar-refractivity contribution in [2.24, 2.45) is 11.1 Å². The van der Waals surface area contributed by atoms with Crippen LogP contribution in [0.4, 0.5) is 14.5 Å². The van der Waals surface area contributed by atoms with E-state index in [-0.39, 0.29) is 31.5 Å². The third-order valence-electron chi connectivity index (χ3n) is 4.14. The topological polar surface area (TPSA) is 111 Å². The molecule has 0 aromatic carbocycles. The lowest BCUT2D eigenvalue weighted by Crippen LogP contribution is -2.42. The molecule has 1 aliphatic carbocycles. The maximum absolute atomic E-state index is 13.6. The van der Waals surface area contributed by atoms with Gasteiger partial charge in [0.1, 0.15) is 6.67 Å². The van der Waals surface area contributed by atoms with Gasteiger partial charge in [0.05, 0.1) is 22.9 Å². The molecule has 0 spiro atoms. The summed E-state index contributed by atoms with van der Waals surface area (Å²) in [4.78, 5) is 23.8. The quantitative estimate of drug-likeness (QED) is 0.721. The molecular formula is C14H18ClF2N3O4S. The van der Waals surface area contributed by atoms with Crippen molar-refractivity contribution in [2.75, 3.05) is 12.0 Å². The number of carbonyl (C=O) groups excluding carboxylic acids is 1. The third-order valence-corrected chi connectivity index (χ3v) is 6.18. The highest BCUT2D eigenvalue weighted by atomic mass is 35.5. The number of primary sulfonamides is 1. The van der Waals surface area contributed by atoms with E-state index in [0.717, 1.165) is 16.8 Å². The predicted molar refractivity (Wildman–Crippen MR) is 89.1 cm³/mol. The molecule has 2 rings (SSSR count). The fourth-order valence-corrected chi connectivity index (χ4v) is 4.62. The lowest BCUT2D eigenvalue weighted by atomic mass is 9.88. The Morgan fingerprint density at radius 1 is 1.44 bits per heavy atom.